The van der Waals surface area contributed by atoms with Gasteiger partial charge in [-0.1, -0.05) is 0 Å². The van der Waals surface area contributed by atoms with Gasteiger partial charge in [0.1, 0.15) is 0 Å². The molecule has 9 heteroatoms. The summed E-state index contributed by atoms with van der Waals surface area (Å²) in [5.74, 6) is 0. The summed E-state index contributed by atoms with van der Waals surface area (Å²) in [6.45, 7) is -0.0324. The van der Waals surface area contributed by atoms with Crippen LogP contribution in [0.1, 0.15) is 0 Å². The molecule has 8 nitrogen and oxygen atoms in total. The minimum absolute atomic E-state index is 0.0109. The van der Waals surface area contributed by atoms with Crippen LogP contribution in [-0.2, 0) is 16.6 Å². The van der Waals surface area contributed by atoms with Gasteiger partial charge < -0.3 is 0 Å². The van der Waals surface area contributed by atoms with Crippen molar-refractivity contribution in [1.82, 2.24) is 19.5 Å². The molecular formula is C6H9N4O4S. The van der Waals surface area contributed by atoms with Crippen LogP contribution < -0.4 is 15.8 Å². The van der Waals surface area contributed by atoms with E-state index in [0.717, 1.165) is 10.9 Å². The highest BCUT2D eigenvalue weighted by Crippen LogP contribution is 1.74. The molecule has 0 aliphatic carbocycles. The Morgan fingerprint density at radius 3 is 2.80 bits per heavy atom. The molecule has 0 saturated carbocycles. The first-order chi connectivity index (χ1) is 6.90. The Labute approximate surface area is 85.0 Å². The highest BCUT2D eigenvalue weighted by molar-refractivity contribution is 7.88. The summed E-state index contributed by atoms with van der Waals surface area (Å²) >= 11 is 0. The van der Waals surface area contributed by atoms with Crippen LogP contribution in [0.15, 0.2) is 9.59 Å². The van der Waals surface area contributed by atoms with Crippen LogP contribution in [-0.4, -0.2) is 36.0 Å². The van der Waals surface area contributed by atoms with Crippen molar-refractivity contribution in [2.75, 3.05) is 12.8 Å². The number of rotatable bonds is 4. The first-order valence-corrected chi connectivity index (χ1v) is 5.81. The summed E-state index contributed by atoms with van der Waals surface area (Å²) < 4.78 is 24.4. The SMILES string of the molecule is CS(=O)(=O)NCCn1n[c][nH]c(=O)c1=O. The minimum atomic E-state index is -3.31. The van der Waals surface area contributed by atoms with E-state index in [4.69, 9.17) is 0 Å². The maximum atomic E-state index is 11.1. The van der Waals surface area contributed by atoms with Gasteiger partial charge in [0, 0.05) is 6.54 Å². The van der Waals surface area contributed by atoms with E-state index in [0.29, 0.717) is 0 Å². The summed E-state index contributed by atoms with van der Waals surface area (Å²) in [6, 6.07) is 0. The average molecular weight is 233 g/mol. The highest BCUT2D eigenvalue weighted by atomic mass is 32.2. The van der Waals surface area contributed by atoms with E-state index in [2.05, 4.69) is 16.1 Å². The van der Waals surface area contributed by atoms with Gasteiger partial charge in [0.15, 0.2) is 6.33 Å². The van der Waals surface area contributed by atoms with Crippen molar-refractivity contribution in [3.63, 3.8) is 0 Å². The van der Waals surface area contributed by atoms with Crippen molar-refractivity contribution in [2.45, 2.75) is 6.54 Å². The predicted octanol–water partition coefficient (Wildman–Crippen LogP) is -2.72. The zero-order chi connectivity index (χ0) is 11.5. The third kappa shape index (κ3) is 3.64. The second-order valence-electron chi connectivity index (χ2n) is 2.76. The third-order valence-electron chi connectivity index (χ3n) is 1.46. The number of H-pyrrole nitrogens is 1. The van der Waals surface area contributed by atoms with Gasteiger partial charge in [-0.05, 0) is 0 Å². The molecule has 0 amide bonds. The van der Waals surface area contributed by atoms with Gasteiger partial charge in [-0.25, -0.2) is 17.8 Å². The fourth-order valence-corrected chi connectivity index (χ4v) is 1.30. The fraction of sp³-hybridized carbons (Fsp3) is 0.500. The number of nitrogens with one attached hydrogen (secondary N) is 2. The molecule has 0 bridgehead atoms. The van der Waals surface area contributed by atoms with Gasteiger partial charge in [0.2, 0.25) is 10.0 Å². The van der Waals surface area contributed by atoms with Gasteiger partial charge in [0.05, 0.1) is 12.8 Å². The molecule has 1 heterocycles. The molecular weight excluding hydrogens is 224 g/mol. The summed E-state index contributed by atoms with van der Waals surface area (Å²) in [5, 5.41) is 3.45. The minimum Gasteiger partial charge on any atom is -0.298 e. The molecule has 0 unspecified atom stereocenters. The maximum Gasteiger partial charge on any atom is 0.332 e. The summed E-state index contributed by atoms with van der Waals surface area (Å²) in [4.78, 5) is 23.9. The zero-order valence-corrected chi connectivity index (χ0v) is 8.67. The van der Waals surface area contributed by atoms with E-state index in [9.17, 15) is 18.0 Å². The molecule has 0 aliphatic rings. The number of hydrogen-bond acceptors (Lipinski definition) is 5. The van der Waals surface area contributed by atoms with Gasteiger partial charge >= 0.3 is 11.1 Å². The first-order valence-electron chi connectivity index (χ1n) is 3.92. The molecule has 0 fully saturated rings. The summed E-state index contributed by atoms with van der Waals surface area (Å²) in [7, 11) is -3.31. The lowest BCUT2D eigenvalue weighted by molar-refractivity contribution is 0.540. The molecule has 1 radical (unpaired) electrons. The van der Waals surface area contributed by atoms with Crippen molar-refractivity contribution >= 4 is 10.0 Å². The number of aromatic nitrogens is 3. The van der Waals surface area contributed by atoms with Crippen molar-refractivity contribution < 1.29 is 8.42 Å². The smallest absolute Gasteiger partial charge is 0.298 e. The Bertz CT molecular complexity index is 543. The quantitative estimate of drug-likeness (QED) is 0.548. The number of aromatic amines is 1. The van der Waals surface area contributed by atoms with E-state index in [1.807, 2.05) is 4.98 Å². The van der Waals surface area contributed by atoms with Crippen LogP contribution >= 0.6 is 0 Å². The Morgan fingerprint density at radius 1 is 1.53 bits per heavy atom. The standard InChI is InChI=1S/C6H9N4O4S/c1-15(13,14)9-2-3-10-6(12)5(11)7-4-8-10/h9H,2-3H2,1H3,(H,7,8,11). The molecule has 2 N–H and O–H groups in total. The van der Waals surface area contributed by atoms with Crippen molar-refractivity contribution in [2.24, 2.45) is 0 Å². The molecule has 0 atom stereocenters. The van der Waals surface area contributed by atoms with E-state index >= 15 is 0 Å². The van der Waals surface area contributed by atoms with Crippen LogP contribution in [0.2, 0.25) is 0 Å². The van der Waals surface area contributed by atoms with Crippen LogP contribution in [0.4, 0.5) is 0 Å². The highest BCUT2D eigenvalue weighted by Gasteiger charge is 2.03. The topological polar surface area (TPSA) is 114 Å². The van der Waals surface area contributed by atoms with Crippen LogP contribution in [0.3, 0.4) is 0 Å². The second kappa shape index (κ2) is 4.36. The molecule has 0 spiro atoms. The van der Waals surface area contributed by atoms with Gasteiger partial charge in [-0.2, -0.15) is 0 Å². The van der Waals surface area contributed by atoms with Gasteiger partial charge in [-0.15, -0.1) is 5.10 Å². The Morgan fingerprint density at radius 2 is 2.20 bits per heavy atom. The predicted molar refractivity (Wildman–Crippen MR) is 50.8 cm³/mol. The Kier molecular flexibility index (Phi) is 3.37. The maximum absolute atomic E-state index is 11.1. The normalized spacial score (nSPS) is 11.5. The zero-order valence-electron chi connectivity index (χ0n) is 7.85. The van der Waals surface area contributed by atoms with E-state index in [1.165, 1.54) is 0 Å². The first kappa shape index (κ1) is 11.6. The Hall–Kier alpha value is -1.48. The van der Waals surface area contributed by atoms with Crippen molar-refractivity contribution in [1.29, 1.82) is 0 Å². The lowest BCUT2D eigenvalue weighted by atomic mass is 10.6. The van der Waals surface area contributed by atoms with Crippen LogP contribution in [0.5, 0.6) is 0 Å². The largest absolute Gasteiger partial charge is 0.332 e. The monoisotopic (exact) mass is 233 g/mol. The van der Waals surface area contributed by atoms with Gasteiger partial charge in [0.25, 0.3) is 0 Å². The van der Waals surface area contributed by atoms with Crippen molar-refractivity contribution in [3.05, 3.63) is 27.0 Å². The molecule has 1 rings (SSSR count). The fourth-order valence-electron chi connectivity index (χ4n) is 0.841. The second-order valence-corrected chi connectivity index (χ2v) is 4.59. The lowest BCUT2D eigenvalue weighted by Gasteiger charge is -2.02. The molecule has 1 aromatic heterocycles. The Balaban J connectivity index is 2.71. The number of sulfonamides is 1. The average Bonchev–Trinajstić information content (AvgIpc) is 2.10. The lowest BCUT2D eigenvalue weighted by Crippen LogP contribution is -2.40. The molecule has 0 aromatic carbocycles. The van der Waals surface area contributed by atoms with E-state index in [-0.39, 0.29) is 13.1 Å². The number of nitrogens with zero attached hydrogens (tertiary/aromatic N) is 2. The van der Waals surface area contributed by atoms with Crippen LogP contribution in [0.25, 0.3) is 0 Å². The van der Waals surface area contributed by atoms with E-state index < -0.39 is 21.1 Å². The van der Waals surface area contributed by atoms with Crippen molar-refractivity contribution in [3.8, 4) is 0 Å². The molecule has 0 saturated heterocycles. The summed E-state index contributed by atoms with van der Waals surface area (Å²) in [6.07, 6.45) is 3.11. The third-order valence-corrected chi connectivity index (χ3v) is 2.19. The summed E-state index contributed by atoms with van der Waals surface area (Å²) in [5.41, 5.74) is -1.69. The molecule has 0 aliphatic heterocycles. The van der Waals surface area contributed by atoms with Crippen LogP contribution in [0, 0.1) is 6.33 Å². The number of hydrogen-bond donors (Lipinski definition) is 2. The molecule has 15 heavy (non-hydrogen) atoms. The van der Waals surface area contributed by atoms with Gasteiger partial charge in [-0.3, -0.25) is 14.6 Å². The van der Waals surface area contributed by atoms with E-state index in [1.54, 1.807) is 0 Å². The molecule has 83 valence electrons. The molecule has 1 aromatic rings.